The molecule has 19 heavy (non-hydrogen) atoms. The molecule has 0 spiro atoms. The summed E-state index contributed by atoms with van der Waals surface area (Å²) in [6.07, 6.45) is 5.11. The molecule has 2 rings (SSSR count). The Morgan fingerprint density at radius 1 is 1.32 bits per heavy atom. The summed E-state index contributed by atoms with van der Waals surface area (Å²) in [6.45, 7) is 4.72. The second-order valence-corrected chi connectivity index (χ2v) is 6.23. The number of nitrogens with two attached hydrogens (primary N) is 1. The predicted molar refractivity (Wildman–Crippen MR) is 78.8 cm³/mol. The molecule has 1 aromatic rings. The van der Waals surface area contributed by atoms with Crippen LogP contribution in [0.1, 0.15) is 51.1 Å². The quantitative estimate of drug-likeness (QED) is 0.645. The second kappa shape index (κ2) is 5.93. The van der Waals surface area contributed by atoms with Gasteiger partial charge in [0.1, 0.15) is 5.75 Å². The van der Waals surface area contributed by atoms with Gasteiger partial charge in [0.25, 0.3) is 0 Å². The first-order valence-electron chi connectivity index (χ1n) is 7.19. The first-order valence-corrected chi connectivity index (χ1v) is 7.19. The Morgan fingerprint density at radius 3 is 2.68 bits per heavy atom. The fraction of sp³-hybridized carbons (Fsp3) is 0.625. The van der Waals surface area contributed by atoms with Gasteiger partial charge in [0.05, 0.1) is 13.2 Å². The molecule has 2 atom stereocenters. The van der Waals surface area contributed by atoms with E-state index in [2.05, 4.69) is 31.4 Å². The van der Waals surface area contributed by atoms with Crippen molar-refractivity contribution >= 4 is 0 Å². The maximum atomic E-state index is 5.87. The number of hydrazine groups is 1. The topological polar surface area (TPSA) is 47.3 Å². The molecule has 0 amide bonds. The highest BCUT2D eigenvalue weighted by Crippen LogP contribution is 2.47. The molecule has 3 heteroatoms. The molecule has 0 radical (unpaired) electrons. The summed E-state index contributed by atoms with van der Waals surface area (Å²) < 4.78 is 5.49. The lowest BCUT2D eigenvalue weighted by molar-refractivity contribution is 0.0972. The van der Waals surface area contributed by atoms with Gasteiger partial charge >= 0.3 is 0 Å². The van der Waals surface area contributed by atoms with Crippen LogP contribution in [0.4, 0.5) is 0 Å². The smallest absolute Gasteiger partial charge is 0.123 e. The van der Waals surface area contributed by atoms with Crippen molar-refractivity contribution in [1.29, 1.82) is 0 Å². The number of ether oxygens (including phenoxy) is 1. The molecular formula is C16H26N2O. The second-order valence-electron chi connectivity index (χ2n) is 6.23. The molecule has 0 aliphatic heterocycles. The molecule has 3 N–H and O–H groups in total. The number of benzene rings is 1. The molecule has 0 bridgehead atoms. The Labute approximate surface area is 116 Å². The van der Waals surface area contributed by atoms with Gasteiger partial charge in [-0.05, 0) is 30.2 Å². The summed E-state index contributed by atoms with van der Waals surface area (Å²) in [4.78, 5) is 0. The van der Waals surface area contributed by atoms with Crippen LogP contribution in [0.3, 0.4) is 0 Å². The van der Waals surface area contributed by atoms with Crippen molar-refractivity contribution in [2.75, 3.05) is 7.11 Å². The maximum absolute atomic E-state index is 5.87. The van der Waals surface area contributed by atoms with Gasteiger partial charge in [-0.2, -0.15) is 0 Å². The summed E-state index contributed by atoms with van der Waals surface area (Å²) in [6, 6.07) is 8.34. The monoisotopic (exact) mass is 262 g/mol. The van der Waals surface area contributed by atoms with Gasteiger partial charge in [-0.1, -0.05) is 44.9 Å². The van der Waals surface area contributed by atoms with Crippen LogP contribution in [0.5, 0.6) is 5.75 Å². The van der Waals surface area contributed by atoms with Gasteiger partial charge in [-0.15, -0.1) is 0 Å². The SMILES string of the molecule is COc1ccccc1C(NN)C1CCCCC1(C)C. The minimum absolute atomic E-state index is 0.159. The van der Waals surface area contributed by atoms with Crippen molar-refractivity contribution in [3.05, 3.63) is 29.8 Å². The van der Waals surface area contributed by atoms with Crippen molar-refractivity contribution in [2.24, 2.45) is 17.2 Å². The normalized spacial score (nSPS) is 23.9. The van der Waals surface area contributed by atoms with Crippen molar-refractivity contribution in [1.82, 2.24) is 5.43 Å². The molecule has 1 aromatic carbocycles. The van der Waals surface area contributed by atoms with E-state index in [0.29, 0.717) is 11.3 Å². The maximum Gasteiger partial charge on any atom is 0.123 e. The van der Waals surface area contributed by atoms with Crippen LogP contribution in [0.15, 0.2) is 24.3 Å². The summed E-state index contributed by atoms with van der Waals surface area (Å²) >= 11 is 0. The van der Waals surface area contributed by atoms with Gasteiger partial charge in [0.2, 0.25) is 0 Å². The molecule has 0 aromatic heterocycles. The van der Waals surface area contributed by atoms with Crippen molar-refractivity contribution < 1.29 is 4.74 Å². The van der Waals surface area contributed by atoms with Crippen LogP contribution < -0.4 is 16.0 Å². The fourth-order valence-corrected chi connectivity index (χ4v) is 3.48. The Balaban J connectivity index is 2.33. The highest BCUT2D eigenvalue weighted by Gasteiger charge is 2.38. The predicted octanol–water partition coefficient (Wildman–Crippen LogP) is 3.42. The van der Waals surface area contributed by atoms with Crippen LogP contribution in [0.2, 0.25) is 0 Å². The third-order valence-electron chi connectivity index (χ3n) is 4.65. The Morgan fingerprint density at radius 2 is 2.05 bits per heavy atom. The van der Waals surface area contributed by atoms with E-state index in [1.807, 2.05) is 12.1 Å². The summed E-state index contributed by atoms with van der Waals surface area (Å²) in [5, 5.41) is 0. The first kappa shape index (κ1) is 14.4. The number of methoxy groups -OCH3 is 1. The minimum Gasteiger partial charge on any atom is -0.496 e. The fourth-order valence-electron chi connectivity index (χ4n) is 3.48. The summed E-state index contributed by atoms with van der Waals surface area (Å²) in [5.41, 5.74) is 4.53. The molecule has 106 valence electrons. The van der Waals surface area contributed by atoms with Crippen LogP contribution in [0.25, 0.3) is 0 Å². The molecule has 1 saturated carbocycles. The summed E-state index contributed by atoms with van der Waals surface area (Å²) in [5.74, 6) is 7.34. The van der Waals surface area contributed by atoms with E-state index in [1.54, 1.807) is 7.11 Å². The standard InChI is InChI=1S/C16H26N2O/c1-16(2)11-7-6-9-13(16)15(18-17)12-8-4-5-10-14(12)19-3/h4-5,8,10,13,15,18H,6-7,9,11,17H2,1-3H3. The lowest BCUT2D eigenvalue weighted by Gasteiger charge is -2.43. The van der Waals surface area contributed by atoms with Gasteiger partial charge in [-0.25, -0.2) is 0 Å². The summed E-state index contributed by atoms with van der Waals surface area (Å²) in [7, 11) is 1.72. The van der Waals surface area contributed by atoms with E-state index in [0.717, 1.165) is 5.75 Å². The van der Waals surface area contributed by atoms with Crippen molar-refractivity contribution in [3.8, 4) is 5.75 Å². The Kier molecular flexibility index (Phi) is 4.48. The molecule has 2 unspecified atom stereocenters. The zero-order valence-electron chi connectivity index (χ0n) is 12.3. The van der Waals surface area contributed by atoms with Crippen molar-refractivity contribution in [2.45, 2.75) is 45.6 Å². The molecule has 0 saturated heterocycles. The number of rotatable bonds is 4. The van der Waals surface area contributed by atoms with E-state index in [1.165, 1.54) is 31.2 Å². The number of para-hydroxylation sites is 1. The largest absolute Gasteiger partial charge is 0.496 e. The molecule has 1 aliphatic carbocycles. The van der Waals surface area contributed by atoms with Crippen molar-refractivity contribution in [3.63, 3.8) is 0 Å². The lowest BCUT2D eigenvalue weighted by atomic mass is 9.65. The molecule has 1 aliphatic rings. The first-order chi connectivity index (χ1) is 9.10. The lowest BCUT2D eigenvalue weighted by Crippen LogP contribution is -2.41. The Bertz CT molecular complexity index is 417. The highest BCUT2D eigenvalue weighted by molar-refractivity contribution is 5.36. The number of hydrogen-bond donors (Lipinski definition) is 2. The van der Waals surface area contributed by atoms with Gasteiger partial charge in [-0.3, -0.25) is 11.3 Å². The number of hydrogen-bond acceptors (Lipinski definition) is 3. The average molecular weight is 262 g/mol. The molecule has 1 fully saturated rings. The highest BCUT2D eigenvalue weighted by atomic mass is 16.5. The van der Waals surface area contributed by atoms with Gasteiger partial charge < -0.3 is 4.74 Å². The van der Waals surface area contributed by atoms with E-state index >= 15 is 0 Å². The zero-order chi connectivity index (χ0) is 13.9. The van der Waals surface area contributed by atoms with Gasteiger partial charge in [0.15, 0.2) is 0 Å². The average Bonchev–Trinajstić information content (AvgIpc) is 2.41. The van der Waals surface area contributed by atoms with Crippen LogP contribution in [-0.2, 0) is 0 Å². The minimum atomic E-state index is 0.159. The van der Waals surface area contributed by atoms with E-state index in [-0.39, 0.29) is 6.04 Å². The Hall–Kier alpha value is -1.06. The van der Waals surface area contributed by atoms with Gasteiger partial charge in [0, 0.05) is 5.56 Å². The molecular weight excluding hydrogens is 236 g/mol. The van der Waals surface area contributed by atoms with Crippen LogP contribution >= 0.6 is 0 Å². The van der Waals surface area contributed by atoms with Crippen LogP contribution in [0, 0.1) is 11.3 Å². The molecule has 3 nitrogen and oxygen atoms in total. The third kappa shape index (κ3) is 2.93. The van der Waals surface area contributed by atoms with E-state index in [9.17, 15) is 0 Å². The number of nitrogens with one attached hydrogen (secondary N) is 1. The third-order valence-corrected chi connectivity index (χ3v) is 4.65. The van der Waals surface area contributed by atoms with E-state index in [4.69, 9.17) is 10.6 Å². The molecule has 0 heterocycles. The van der Waals surface area contributed by atoms with E-state index < -0.39 is 0 Å². The van der Waals surface area contributed by atoms with Crippen LogP contribution in [-0.4, -0.2) is 7.11 Å². The zero-order valence-corrected chi connectivity index (χ0v) is 12.3.